The molecule has 0 saturated carbocycles. The summed E-state index contributed by atoms with van der Waals surface area (Å²) >= 11 is 1.59. The van der Waals surface area contributed by atoms with Crippen LogP contribution in [0, 0.1) is 6.92 Å². The van der Waals surface area contributed by atoms with E-state index >= 15 is 0 Å². The molecule has 0 N–H and O–H groups in total. The van der Waals surface area contributed by atoms with Crippen LogP contribution in [-0.2, 0) is 11.3 Å². The Hall–Kier alpha value is -2.28. The monoisotopic (exact) mass is 355 g/mol. The number of rotatable bonds is 5. The van der Waals surface area contributed by atoms with Crippen molar-refractivity contribution in [1.29, 1.82) is 0 Å². The molecule has 0 atom stereocenters. The Kier molecular flexibility index (Phi) is 5.66. The minimum absolute atomic E-state index is 0.184. The molecule has 0 bridgehead atoms. The molecule has 1 heterocycles. The van der Waals surface area contributed by atoms with Crippen LogP contribution in [0.2, 0.25) is 0 Å². The Labute approximate surface area is 142 Å². The second-order valence-corrected chi connectivity index (χ2v) is 6.49. The van der Waals surface area contributed by atoms with Gasteiger partial charge < -0.3 is 9.64 Å². The van der Waals surface area contributed by atoms with Crippen LogP contribution in [0.3, 0.4) is 0 Å². The van der Waals surface area contributed by atoms with Crippen LogP contribution >= 0.6 is 11.3 Å². The first-order valence-electron chi connectivity index (χ1n) is 7.07. The molecule has 0 spiro atoms. The molecular weight excluding hydrogens is 339 g/mol. The van der Waals surface area contributed by atoms with Crippen molar-refractivity contribution in [3.63, 3.8) is 0 Å². The van der Waals surface area contributed by atoms with Crippen molar-refractivity contribution in [3.8, 4) is 5.75 Å². The summed E-state index contributed by atoms with van der Waals surface area (Å²) in [6, 6.07) is 9.36. The van der Waals surface area contributed by atoms with E-state index in [0.717, 1.165) is 9.75 Å². The highest BCUT2D eigenvalue weighted by molar-refractivity contribution is 7.12. The molecule has 0 radical (unpaired) electrons. The number of ether oxygens (including phenoxy) is 1. The van der Waals surface area contributed by atoms with Crippen LogP contribution in [0.1, 0.15) is 15.3 Å². The van der Waals surface area contributed by atoms with Crippen LogP contribution in [0.4, 0.5) is 13.2 Å². The molecule has 0 saturated heterocycles. The number of alkyl halides is 3. The van der Waals surface area contributed by atoms with Crippen molar-refractivity contribution >= 4 is 23.3 Å². The van der Waals surface area contributed by atoms with Crippen molar-refractivity contribution in [3.05, 3.63) is 57.8 Å². The van der Waals surface area contributed by atoms with Crippen LogP contribution in [-0.4, -0.2) is 24.2 Å². The molecule has 3 nitrogen and oxygen atoms in total. The lowest BCUT2D eigenvalue weighted by Crippen LogP contribution is -2.24. The smallest absolute Gasteiger partial charge is 0.406 e. The molecule has 1 amide bonds. The maximum atomic E-state index is 12.1. The first-order chi connectivity index (χ1) is 11.2. The number of nitrogens with zero attached hydrogens (tertiary/aromatic N) is 1. The van der Waals surface area contributed by atoms with Gasteiger partial charge >= 0.3 is 6.36 Å². The summed E-state index contributed by atoms with van der Waals surface area (Å²) in [5.41, 5.74) is 0.709. The van der Waals surface area contributed by atoms with Crippen molar-refractivity contribution in [2.24, 2.45) is 0 Å². The number of hydrogen-bond donors (Lipinski definition) is 0. The van der Waals surface area contributed by atoms with E-state index in [1.165, 1.54) is 35.2 Å². The first-order valence-corrected chi connectivity index (χ1v) is 7.89. The number of amides is 1. The van der Waals surface area contributed by atoms with E-state index < -0.39 is 6.36 Å². The summed E-state index contributed by atoms with van der Waals surface area (Å²) < 4.78 is 40.1. The van der Waals surface area contributed by atoms with Gasteiger partial charge in [0.15, 0.2) is 0 Å². The second kappa shape index (κ2) is 7.53. The summed E-state index contributed by atoms with van der Waals surface area (Å²) in [6.45, 7) is 2.28. The third-order valence-electron chi connectivity index (χ3n) is 3.10. The van der Waals surface area contributed by atoms with E-state index in [9.17, 15) is 18.0 Å². The Morgan fingerprint density at radius 3 is 2.42 bits per heavy atom. The number of likely N-dealkylation sites (N-methyl/N-ethyl adjacent to an activating group) is 1. The van der Waals surface area contributed by atoms with Crippen molar-refractivity contribution in [1.82, 2.24) is 4.90 Å². The lowest BCUT2D eigenvalue weighted by molar-refractivity contribution is -0.274. The number of aryl methyl sites for hydroxylation is 1. The minimum atomic E-state index is -4.71. The molecule has 7 heteroatoms. The Bertz CT molecular complexity index is 720. The Morgan fingerprint density at radius 2 is 1.88 bits per heavy atom. The fraction of sp³-hybridized carbons (Fsp3) is 0.235. The molecule has 128 valence electrons. The largest absolute Gasteiger partial charge is 0.573 e. The Morgan fingerprint density at radius 1 is 1.21 bits per heavy atom. The summed E-state index contributed by atoms with van der Waals surface area (Å²) in [4.78, 5) is 15.7. The minimum Gasteiger partial charge on any atom is -0.406 e. The van der Waals surface area contributed by atoms with Crippen molar-refractivity contribution < 1.29 is 22.7 Å². The molecular formula is C17H16F3NO2S. The highest BCUT2D eigenvalue weighted by atomic mass is 32.1. The quantitative estimate of drug-likeness (QED) is 0.732. The average molecular weight is 355 g/mol. The number of halogens is 3. The number of carbonyl (C=O) groups is 1. The molecule has 24 heavy (non-hydrogen) atoms. The molecule has 0 fully saturated rings. The highest BCUT2D eigenvalue weighted by Gasteiger charge is 2.30. The van der Waals surface area contributed by atoms with Gasteiger partial charge in [-0.1, -0.05) is 12.1 Å². The van der Waals surface area contributed by atoms with Crippen molar-refractivity contribution in [2.45, 2.75) is 19.8 Å². The third-order valence-corrected chi connectivity index (χ3v) is 4.07. The number of carbonyl (C=O) groups excluding carboxylic acids is 1. The Balaban J connectivity index is 1.92. The lowest BCUT2D eigenvalue weighted by atomic mass is 10.2. The van der Waals surface area contributed by atoms with Gasteiger partial charge in [0.1, 0.15) is 5.75 Å². The van der Waals surface area contributed by atoms with Gasteiger partial charge in [-0.3, -0.25) is 4.79 Å². The molecule has 0 aliphatic rings. The zero-order chi connectivity index (χ0) is 17.7. The highest BCUT2D eigenvalue weighted by Crippen LogP contribution is 2.23. The van der Waals surface area contributed by atoms with Gasteiger partial charge in [0, 0.05) is 29.4 Å². The van der Waals surface area contributed by atoms with Crippen LogP contribution < -0.4 is 4.74 Å². The van der Waals surface area contributed by atoms with Gasteiger partial charge in [0.05, 0.1) is 0 Å². The lowest BCUT2D eigenvalue weighted by Gasteiger charge is -2.15. The molecule has 0 unspecified atom stereocenters. The summed E-state index contributed by atoms with van der Waals surface area (Å²) in [6.07, 6.45) is -1.48. The van der Waals surface area contributed by atoms with E-state index in [1.54, 1.807) is 24.5 Å². The van der Waals surface area contributed by atoms with Gasteiger partial charge in [-0.15, -0.1) is 24.5 Å². The number of thiophene rings is 1. The zero-order valence-corrected chi connectivity index (χ0v) is 13.9. The van der Waals surface area contributed by atoms with E-state index in [2.05, 4.69) is 4.74 Å². The summed E-state index contributed by atoms with van der Waals surface area (Å²) in [5, 5.41) is 0. The van der Waals surface area contributed by atoms with Gasteiger partial charge in [0.25, 0.3) is 0 Å². The van der Waals surface area contributed by atoms with E-state index in [1.807, 2.05) is 19.1 Å². The third kappa shape index (κ3) is 5.73. The summed E-state index contributed by atoms with van der Waals surface area (Å²) in [7, 11) is 1.63. The van der Waals surface area contributed by atoms with Gasteiger partial charge in [-0.05, 0) is 42.8 Å². The van der Waals surface area contributed by atoms with E-state index in [-0.39, 0.29) is 11.7 Å². The van der Waals surface area contributed by atoms with Crippen molar-refractivity contribution in [2.75, 3.05) is 7.05 Å². The average Bonchev–Trinajstić information content (AvgIpc) is 2.91. The predicted molar refractivity (Wildman–Crippen MR) is 87.7 cm³/mol. The summed E-state index contributed by atoms with van der Waals surface area (Å²) in [5.74, 6) is -0.468. The first kappa shape index (κ1) is 18.1. The normalized spacial score (nSPS) is 11.7. The fourth-order valence-corrected chi connectivity index (χ4v) is 2.75. The van der Waals surface area contributed by atoms with Crippen LogP contribution in [0.25, 0.3) is 6.08 Å². The standard InChI is InChI=1S/C17H16F3NO2S/c1-12-3-8-15(24-12)9-10-16(22)21(2)11-13-4-6-14(7-5-13)23-17(18,19)20/h3-10H,11H2,1-2H3/b10-9+. The van der Waals surface area contributed by atoms with E-state index in [4.69, 9.17) is 0 Å². The van der Waals surface area contributed by atoms with Gasteiger partial charge in [-0.2, -0.15) is 0 Å². The molecule has 1 aromatic heterocycles. The SMILES string of the molecule is Cc1ccc(/C=C/C(=O)N(C)Cc2ccc(OC(F)(F)F)cc2)s1. The number of benzene rings is 1. The topological polar surface area (TPSA) is 29.5 Å². The van der Waals surface area contributed by atoms with Gasteiger partial charge in [-0.25, -0.2) is 0 Å². The van der Waals surface area contributed by atoms with Crippen LogP contribution in [0.15, 0.2) is 42.5 Å². The fourth-order valence-electron chi connectivity index (χ4n) is 1.97. The van der Waals surface area contributed by atoms with Gasteiger partial charge in [0.2, 0.25) is 5.91 Å². The van der Waals surface area contributed by atoms with E-state index in [0.29, 0.717) is 12.1 Å². The molecule has 1 aromatic carbocycles. The second-order valence-electron chi connectivity index (χ2n) is 5.17. The molecule has 2 aromatic rings. The molecule has 0 aliphatic carbocycles. The zero-order valence-electron chi connectivity index (χ0n) is 13.1. The number of hydrogen-bond acceptors (Lipinski definition) is 3. The maximum Gasteiger partial charge on any atom is 0.573 e. The maximum absolute atomic E-state index is 12.1. The molecule has 0 aliphatic heterocycles. The predicted octanol–water partition coefficient (Wildman–Crippen LogP) is 4.63. The van der Waals surface area contributed by atoms with Crippen LogP contribution in [0.5, 0.6) is 5.75 Å². The molecule has 2 rings (SSSR count).